The van der Waals surface area contributed by atoms with Crippen molar-refractivity contribution in [3.05, 3.63) is 22.9 Å². The van der Waals surface area contributed by atoms with Crippen molar-refractivity contribution in [1.82, 2.24) is 4.98 Å². The number of rotatable bonds is 2. The first-order valence-corrected chi connectivity index (χ1v) is 5.99. The van der Waals surface area contributed by atoms with Crippen molar-refractivity contribution < 1.29 is 5.11 Å². The lowest BCUT2D eigenvalue weighted by Gasteiger charge is -2.25. The normalized spacial score (nSPS) is 25.9. The summed E-state index contributed by atoms with van der Waals surface area (Å²) in [5, 5.41) is 9.20. The number of nitrogens with zero attached hydrogens (tertiary/aromatic N) is 2. The lowest BCUT2D eigenvalue weighted by molar-refractivity contribution is 0.221. The third kappa shape index (κ3) is 2.16. The van der Waals surface area contributed by atoms with Crippen molar-refractivity contribution in [2.24, 2.45) is 5.92 Å². The van der Waals surface area contributed by atoms with Crippen LogP contribution in [-0.2, 0) is 0 Å². The summed E-state index contributed by atoms with van der Waals surface area (Å²) in [6, 6.07) is 2.47. The minimum atomic E-state index is 0.277. The first-order valence-electron chi connectivity index (χ1n) is 5.20. The molecule has 2 atom stereocenters. The largest absolute Gasteiger partial charge is 0.396 e. The van der Waals surface area contributed by atoms with Crippen LogP contribution in [0, 0.1) is 5.92 Å². The molecule has 1 N–H and O–H groups in total. The molecule has 1 saturated heterocycles. The van der Waals surface area contributed by atoms with Crippen LogP contribution in [0.4, 0.5) is 5.69 Å². The van der Waals surface area contributed by atoms with Crippen molar-refractivity contribution in [3.8, 4) is 0 Å². The molecule has 2 rings (SSSR count). The highest BCUT2D eigenvalue weighted by Crippen LogP contribution is 2.30. The lowest BCUT2D eigenvalue weighted by atomic mass is 10.0. The van der Waals surface area contributed by atoms with E-state index in [-0.39, 0.29) is 6.61 Å². The molecule has 4 heteroatoms. The average molecular weight is 271 g/mol. The van der Waals surface area contributed by atoms with E-state index in [1.165, 1.54) is 0 Å². The fourth-order valence-corrected chi connectivity index (χ4v) is 2.52. The van der Waals surface area contributed by atoms with Gasteiger partial charge in [-0.25, -0.2) is 0 Å². The van der Waals surface area contributed by atoms with Gasteiger partial charge in [0, 0.05) is 35.8 Å². The number of anilines is 1. The van der Waals surface area contributed by atoms with Crippen molar-refractivity contribution in [3.63, 3.8) is 0 Å². The zero-order chi connectivity index (χ0) is 10.8. The monoisotopic (exact) mass is 270 g/mol. The second-order valence-corrected chi connectivity index (χ2v) is 4.94. The zero-order valence-corrected chi connectivity index (χ0v) is 10.3. The summed E-state index contributed by atoms with van der Waals surface area (Å²) >= 11 is 3.42. The van der Waals surface area contributed by atoms with Crippen LogP contribution in [0.1, 0.15) is 13.3 Å². The van der Waals surface area contributed by atoms with Gasteiger partial charge in [0.15, 0.2) is 0 Å². The van der Waals surface area contributed by atoms with E-state index in [4.69, 9.17) is 0 Å². The molecule has 0 saturated carbocycles. The number of aliphatic hydroxyl groups is 1. The SMILES string of the molecule is CC1C(CO)CCN1c1cncc(Br)c1. The summed E-state index contributed by atoms with van der Waals surface area (Å²) < 4.78 is 1.000. The molecule has 0 aromatic carbocycles. The average Bonchev–Trinajstić information content (AvgIpc) is 2.59. The van der Waals surface area contributed by atoms with Crippen LogP contribution in [0.5, 0.6) is 0 Å². The fourth-order valence-electron chi connectivity index (χ4n) is 2.17. The number of aliphatic hydroxyl groups excluding tert-OH is 1. The Morgan fingerprint density at radius 3 is 3.00 bits per heavy atom. The third-order valence-electron chi connectivity index (χ3n) is 3.17. The summed E-state index contributed by atoms with van der Waals surface area (Å²) in [5.74, 6) is 0.393. The third-order valence-corrected chi connectivity index (χ3v) is 3.60. The number of pyridine rings is 1. The van der Waals surface area contributed by atoms with E-state index in [2.05, 4.69) is 38.8 Å². The molecular formula is C11H15BrN2O. The molecule has 1 aliphatic rings. The van der Waals surface area contributed by atoms with Gasteiger partial charge >= 0.3 is 0 Å². The fraction of sp³-hybridized carbons (Fsp3) is 0.545. The van der Waals surface area contributed by atoms with E-state index < -0.39 is 0 Å². The van der Waals surface area contributed by atoms with E-state index in [1.54, 1.807) is 6.20 Å². The van der Waals surface area contributed by atoms with Gasteiger partial charge < -0.3 is 10.0 Å². The van der Waals surface area contributed by atoms with Crippen LogP contribution in [-0.4, -0.2) is 29.3 Å². The molecular weight excluding hydrogens is 256 g/mol. The van der Waals surface area contributed by atoms with Gasteiger partial charge in [-0.05, 0) is 35.3 Å². The molecule has 0 bridgehead atoms. The van der Waals surface area contributed by atoms with Crippen LogP contribution in [0.3, 0.4) is 0 Å². The van der Waals surface area contributed by atoms with Gasteiger partial charge in [0.2, 0.25) is 0 Å². The Labute approximate surface area is 98.3 Å². The number of hydrogen-bond acceptors (Lipinski definition) is 3. The predicted octanol–water partition coefficient (Wildman–Crippen LogP) is 2.05. The van der Waals surface area contributed by atoms with Gasteiger partial charge in [-0.2, -0.15) is 0 Å². The standard InChI is InChI=1S/C11H15BrN2O/c1-8-9(7-15)2-3-14(8)11-4-10(12)5-13-6-11/h4-6,8-9,15H,2-3,7H2,1H3. The van der Waals surface area contributed by atoms with Gasteiger partial charge in [0.1, 0.15) is 0 Å². The van der Waals surface area contributed by atoms with Crippen LogP contribution >= 0.6 is 15.9 Å². The summed E-state index contributed by atoms with van der Waals surface area (Å²) in [6.07, 6.45) is 4.72. The molecule has 0 amide bonds. The Morgan fingerprint density at radius 2 is 2.40 bits per heavy atom. The number of hydrogen-bond donors (Lipinski definition) is 1. The molecule has 1 fully saturated rings. The summed E-state index contributed by atoms with van der Waals surface area (Å²) in [5.41, 5.74) is 1.13. The molecule has 0 spiro atoms. The second-order valence-electron chi connectivity index (χ2n) is 4.03. The smallest absolute Gasteiger partial charge is 0.0566 e. The van der Waals surface area contributed by atoms with E-state index >= 15 is 0 Å². The summed E-state index contributed by atoms with van der Waals surface area (Å²) in [7, 11) is 0. The van der Waals surface area contributed by atoms with E-state index in [1.807, 2.05) is 6.20 Å². The molecule has 2 unspecified atom stereocenters. The van der Waals surface area contributed by atoms with Gasteiger partial charge in [-0.1, -0.05) is 0 Å². The minimum absolute atomic E-state index is 0.277. The molecule has 2 heterocycles. The molecule has 82 valence electrons. The highest BCUT2D eigenvalue weighted by molar-refractivity contribution is 9.10. The van der Waals surface area contributed by atoms with Crippen LogP contribution < -0.4 is 4.90 Å². The Morgan fingerprint density at radius 1 is 1.60 bits per heavy atom. The lowest BCUT2D eigenvalue weighted by Crippen LogP contribution is -2.31. The number of halogens is 1. The van der Waals surface area contributed by atoms with Crippen molar-refractivity contribution >= 4 is 21.6 Å². The van der Waals surface area contributed by atoms with Crippen LogP contribution in [0.25, 0.3) is 0 Å². The van der Waals surface area contributed by atoms with Crippen molar-refractivity contribution in [1.29, 1.82) is 0 Å². The number of aromatic nitrogens is 1. The van der Waals surface area contributed by atoms with Crippen molar-refractivity contribution in [2.75, 3.05) is 18.1 Å². The quantitative estimate of drug-likeness (QED) is 0.894. The maximum Gasteiger partial charge on any atom is 0.0566 e. The summed E-state index contributed by atoms with van der Waals surface area (Å²) in [4.78, 5) is 6.47. The van der Waals surface area contributed by atoms with E-state index in [0.29, 0.717) is 12.0 Å². The minimum Gasteiger partial charge on any atom is -0.396 e. The Bertz CT molecular complexity index is 345. The first-order chi connectivity index (χ1) is 7.22. The molecule has 3 nitrogen and oxygen atoms in total. The van der Waals surface area contributed by atoms with E-state index in [0.717, 1.165) is 23.1 Å². The molecule has 1 aromatic rings. The first kappa shape index (κ1) is 10.9. The topological polar surface area (TPSA) is 36.4 Å². The van der Waals surface area contributed by atoms with Gasteiger partial charge in [0.25, 0.3) is 0 Å². The Balaban J connectivity index is 2.18. The Kier molecular flexibility index (Phi) is 3.26. The molecule has 1 aromatic heterocycles. The maximum absolute atomic E-state index is 9.20. The predicted molar refractivity (Wildman–Crippen MR) is 63.9 cm³/mol. The second kappa shape index (κ2) is 4.49. The van der Waals surface area contributed by atoms with E-state index in [9.17, 15) is 5.11 Å². The van der Waals surface area contributed by atoms with Crippen LogP contribution in [0.2, 0.25) is 0 Å². The summed E-state index contributed by atoms with van der Waals surface area (Å²) in [6.45, 7) is 3.44. The van der Waals surface area contributed by atoms with Crippen molar-refractivity contribution in [2.45, 2.75) is 19.4 Å². The van der Waals surface area contributed by atoms with Gasteiger partial charge in [-0.15, -0.1) is 0 Å². The van der Waals surface area contributed by atoms with Gasteiger partial charge in [0.05, 0.1) is 11.9 Å². The highest BCUT2D eigenvalue weighted by Gasteiger charge is 2.30. The van der Waals surface area contributed by atoms with Gasteiger partial charge in [-0.3, -0.25) is 4.98 Å². The Hall–Kier alpha value is -0.610. The molecule has 0 radical (unpaired) electrons. The molecule has 15 heavy (non-hydrogen) atoms. The van der Waals surface area contributed by atoms with Crippen LogP contribution in [0.15, 0.2) is 22.9 Å². The maximum atomic E-state index is 9.20. The molecule has 1 aliphatic heterocycles. The zero-order valence-electron chi connectivity index (χ0n) is 8.73. The molecule has 0 aliphatic carbocycles. The highest BCUT2D eigenvalue weighted by atomic mass is 79.9.